The van der Waals surface area contributed by atoms with E-state index in [1.165, 1.54) is 54.3 Å². The standard InChI is InChI=1S/C18H24N2/c1-3-8-20(9-4-2)17-10-14-6-5-7-15-12-19-13-16(11-17)18(14)15/h5-7,12-13,17H,3-4,8-11H2,1-2H3. The zero-order valence-electron chi connectivity index (χ0n) is 12.6. The molecule has 0 fully saturated rings. The molecule has 0 bridgehead atoms. The summed E-state index contributed by atoms with van der Waals surface area (Å²) in [7, 11) is 0. The average molecular weight is 268 g/mol. The summed E-state index contributed by atoms with van der Waals surface area (Å²) in [5.41, 5.74) is 2.94. The molecule has 106 valence electrons. The Hall–Kier alpha value is -1.41. The minimum atomic E-state index is 0.650. The van der Waals surface area contributed by atoms with E-state index in [1.807, 2.05) is 6.20 Å². The molecule has 2 heteroatoms. The van der Waals surface area contributed by atoms with Gasteiger partial charge in [0.15, 0.2) is 0 Å². The lowest BCUT2D eigenvalue weighted by atomic mass is 9.86. The highest BCUT2D eigenvalue weighted by Crippen LogP contribution is 2.30. The van der Waals surface area contributed by atoms with Crippen molar-refractivity contribution in [3.63, 3.8) is 0 Å². The smallest absolute Gasteiger partial charge is 0.0346 e. The van der Waals surface area contributed by atoms with Gasteiger partial charge in [0.25, 0.3) is 0 Å². The number of hydrogen-bond donors (Lipinski definition) is 0. The lowest BCUT2D eigenvalue weighted by Crippen LogP contribution is -2.41. The van der Waals surface area contributed by atoms with Crippen molar-refractivity contribution in [3.8, 4) is 0 Å². The SMILES string of the molecule is CCCN(CCC)C1Cc2cccc3cncc(c23)C1. The molecule has 1 aliphatic carbocycles. The van der Waals surface area contributed by atoms with Crippen LogP contribution >= 0.6 is 0 Å². The van der Waals surface area contributed by atoms with Gasteiger partial charge in [-0.3, -0.25) is 9.88 Å². The lowest BCUT2D eigenvalue weighted by Gasteiger charge is -2.35. The van der Waals surface area contributed by atoms with Gasteiger partial charge in [0, 0.05) is 23.8 Å². The van der Waals surface area contributed by atoms with Crippen LogP contribution in [0.4, 0.5) is 0 Å². The van der Waals surface area contributed by atoms with Gasteiger partial charge in [0.2, 0.25) is 0 Å². The van der Waals surface area contributed by atoms with Crippen molar-refractivity contribution < 1.29 is 0 Å². The Bertz CT molecular complexity index is 544. The summed E-state index contributed by atoms with van der Waals surface area (Å²) in [4.78, 5) is 7.10. The molecule has 2 nitrogen and oxygen atoms in total. The topological polar surface area (TPSA) is 16.1 Å². The molecule has 3 rings (SSSR count). The van der Waals surface area contributed by atoms with E-state index in [9.17, 15) is 0 Å². The number of pyridine rings is 1. The summed E-state index contributed by atoms with van der Waals surface area (Å²) in [5.74, 6) is 0. The van der Waals surface area contributed by atoms with Crippen LogP contribution in [-0.2, 0) is 12.8 Å². The van der Waals surface area contributed by atoms with Gasteiger partial charge in [0.05, 0.1) is 0 Å². The maximum absolute atomic E-state index is 4.43. The van der Waals surface area contributed by atoms with Crippen LogP contribution < -0.4 is 0 Å². The van der Waals surface area contributed by atoms with Gasteiger partial charge in [-0.05, 0) is 55.3 Å². The van der Waals surface area contributed by atoms with Crippen molar-refractivity contribution >= 4 is 10.8 Å². The van der Waals surface area contributed by atoms with Crippen LogP contribution in [0.25, 0.3) is 10.8 Å². The maximum atomic E-state index is 4.43. The van der Waals surface area contributed by atoms with E-state index in [4.69, 9.17) is 0 Å². The molecule has 0 spiro atoms. The fraction of sp³-hybridized carbons (Fsp3) is 0.500. The number of aromatic nitrogens is 1. The largest absolute Gasteiger partial charge is 0.300 e. The van der Waals surface area contributed by atoms with E-state index in [-0.39, 0.29) is 0 Å². The van der Waals surface area contributed by atoms with Crippen LogP contribution in [0.3, 0.4) is 0 Å². The maximum Gasteiger partial charge on any atom is 0.0346 e. The highest BCUT2D eigenvalue weighted by Gasteiger charge is 2.24. The van der Waals surface area contributed by atoms with Crippen molar-refractivity contribution in [2.24, 2.45) is 0 Å². The van der Waals surface area contributed by atoms with E-state index in [2.05, 4.69) is 48.1 Å². The minimum Gasteiger partial charge on any atom is -0.300 e. The third-order valence-corrected chi connectivity index (χ3v) is 4.40. The normalized spacial score (nSPS) is 17.9. The Labute approximate surface area is 121 Å². The van der Waals surface area contributed by atoms with E-state index < -0.39 is 0 Å². The molecule has 1 aromatic heterocycles. The fourth-order valence-corrected chi connectivity index (χ4v) is 3.61. The van der Waals surface area contributed by atoms with Crippen molar-refractivity contribution in [1.82, 2.24) is 9.88 Å². The number of benzene rings is 1. The van der Waals surface area contributed by atoms with Crippen LogP contribution in [0.1, 0.15) is 37.8 Å². The third-order valence-electron chi connectivity index (χ3n) is 4.40. The zero-order valence-corrected chi connectivity index (χ0v) is 12.6. The molecule has 1 unspecified atom stereocenters. The van der Waals surface area contributed by atoms with E-state index >= 15 is 0 Å². The molecule has 0 amide bonds. The first-order chi connectivity index (χ1) is 9.83. The first-order valence-corrected chi connectivity index (χ1v) is 7.92. The molecular weight excluding hydrogens is 244 g/mol. The Morgan fingerprint density at radius 1 is 1.05 bits per heavy atom. The van der Waals surface area contributed by atoms with Gasteiger partial charge in [-0.25, -0.2) is 0 Å². The van der Waals surface area contributed by atoms with Crippen molar-refractivity contribution in [2.75, 3.05) is 13.1 Å². The highest BCUT2D eigenvalue weighted by molar-refractivity contribution is 5.88. The summed E-state index contributed by atoms with van der Waals surface area (Å²) in [6.45, 7) is 6.98. The second-order valence-electron chi connectivity index (χ2n) is 5.91. The van der Waals surface area contributed by atoms with Crippen LogP contribution in [0.5, 0.6) is 0 Å². The summed E-state index contributed by atoms with van der Waals surface area (Å²) in [6, 6.07) is 7.31. The molecule has 0 saturated carbocycles. The Morgan fingerprint density at radius 2 is 1.80 bits per heavy atom. The number of rotatable bonds is 5. The van der Waals surface area contributed by atoms with Crippen LogP contribution in [0, 0.1) is 0 Å². The summed E-state index contributed by atoms with van der Waals surface area (Å²) in [5, 5.41) is 2.77. The van der Waals surface area contributed by atoms with Crippen molar-refractivity contribution in [2.45, 2.75) is 45.6 Å². The third kappa shape index (κ3) is 2.45. The first-order valence-electron chi connectivity index (χ1n) is 7.92. The van der Waals surface area contributed by atoms with Crippen molar-refractivity contribution in [1.29, 1.82) is 0 Å². The van der Waals surface area contributed by atoms with Crippen LogP contribution in [0.2, 0.25) is 0 Å². The monoisotopic (exact) mass is 268 g/mol. The molecule has 1 aliphatic rings. The van der Waals surface area contributed by atoms with Crippen LogP contribution in [-0.4, -0.2) is 29.0 Å². The lowest BCUT2D eigenvalue weighted by molar-refractivity contribution is 0.191. The van der Waals surface area contributed by atoms with E-state index in [0.717, 1.165) is 6.42 Å². The van der Waals surface area contributed by atoms with Crippen molar-refractivity contribution in [3.05, 3.63) is 41.7 Å². The van der Waals surface area contributed by atoms with Gasteiger partial charge in [-0.2, -0.15) is 0 Å². The predicted molar refractivity (Wildman–Crippen MR) is 85.1 cm³/mol. The van der Waals surface area contributed by atoms with Gasteiger partial charge in [-0.15, -0.1) is 0 Å². The summed E-state index contributed by atoms with van der Waals surface area (Å²) >= 11 is 0. The molecule has 1 heterocycles. The Balaban J connectivity index is 1.94. The molecule has 0 N–H and O–H groups in total. The second-order valence-corrected chi connectivity index (χ2v) is 5.91. The van der Waals surface area contributed by atoms with Gasteiger partial charge in [0.1, 0.15) is 0 Å². The first kappa shape index (κ1) is 13.6. The molecular formula is C18H24N2. The molecule has 1 aromatic carbocycles. The summed E-state index contributed by atoms with van der Waals surface area (Å²) in [6.07, 6.45) is 8.89. The van der Waals surface area contributed by atoms with Gasteiger partial charge >= 0.3 is 0 Å². The quantitative estimate of drug-likeness (QED) is 0.819. The number of nitrogens with zero attached hydrogens (tertiary/aromatic N) is 2. The second kappa shape index (κ2) is 5.92. The van der Waals surface area contributed by atoms with Crippen LogP contribution in [0.15, 0.2) is 30.6 Å². The molecule has 0 saturated heterocycles. The van der Waals surface area contributed by atoms with Gasteiger partial charge < -0.3 is 0 Å². The zero-order chi connectivity index (χ0) is 13.9. The number of hydrogen-bond acceptors (Lipinski definition) is 2. The molecule has 2 aromatic rings. The summed E-state index contributed by atoms with van der Waals surface area (Å²) < 4.78 is 0. The fourth-order valence-electron chi connectivity index (χ4n) is 3.61. The van der Waals surface area contributed by atoms with E-state index in [1.54, 1.807) is 0 Å². The molecule has 20 heavy (non-hydrogen) atoms. The Morgan fingerprint density at radius 3 is 2.55 bits per heavy atom. The Kier molecular flexibility index (Phi) is 4.02. The molecule has 0 radical (unpaired) electrons. The van der Waals surface area contributed by atoms with E-state index in [0.29, 0.717) is 6.04 Å². The average Bonchev–Trinajstić information content (AvgIpc) is 2.47. The highest BCUT2D eigenvalue weighted by atomic mass is 15.1. The molecule has 0 aliphatic heterocycles. The molecule has 1 atom stereocenters. The minimum absolute atomic E-state index is 0.650. The van der Waals surface area contributed by atoms with Gasteiger partial charge in [-0.1, -0.05) is 32.0 Å². The predicted octanol–water partition coefficient (Wildman–Crippen LogP) is 3.82.